The molecule has 1 aliphatic heterocycles. The van der Waals surface area contributed by atoms with Crippen LogP contribution in [0.2, 0.25) is 0 Å². The summed E-state index contributed by atoms with van der Waals surface area (Å²) in [6.07, 6.45) is 71.7. The summed E-state index contributed by atoms with van der Waals surface area (Å²) in [5.74, 6) is -1.47. The summed E-state index contributed by atoms with van der Waals surface area (Å²) in [6.45, 7) is 8.92. The third-order valence-corrected chi connectivity index (χ3v) is 18.7. The van der Waals surface area contributed by atoms with E-state index in [0.717, 1.165) is 64.2 Å². The van der Waals surface area contributed by atoms with Gasteiger partial charge in [-0.1, -0.05) is 387 Å². The van der Waals surface area contributed by atoms with E-state index >= 15 is 0 Å². The average Bonchev–Trinajstić information content (AvgIpc) is 3.23. The molecule has 0 bridgehead atoms. The largest absolute Gasteiger partial charge is 0.463 e. The predicted octanol–water partition coefficient (Wildman–Crippen LogP) is 24.7. The number of hydrogen-bond acceptors (Lipinski definition) is 9. The number of rotatable bonds is 69. The van der Waals surface area contributed by atoms with Crippen molar-refractivity contribution in [2.75, 3.05) is 13.2 Å². The molecule has 0 N–H and O–H groups in total. The van der Waals surface area contributed by atoms with Crippen molar-refractivity contribution in [1.82, 2.24) is 0 Å². The van der Waals surface area contributed by atoms with Gasteiger partial charge in [-0.05, 0) is 25.7 Å². The first-order valence-corrected chi connectivity index (χ1v) is 39.2. The van der Waals surface area contributed by atoms with Gasteiger partial charge in [0.25, 0.3) is 0 Å². The zero-order chi connectivity index (χ0) is 62.8. The van der Waals surface area contributed by atoms with E-state index in [9.17, 15) is 19.2 Å². The number of unbranched alkanes of at least 4 members (excludes halogenated alkanes) is 56. The standard InChI is InChI=1S/C78H148O9/c1-5-9-13-17-21-25-29-33-37-41-45-49-53-57-61-65-73(79)84-69-71-77(86-75(81)67-63-59-55-51-47-43-39-35-31-27-23-19-15-11-7-3)78(87-76(82)68-64-60-56-52-48-44-40-36-32-28-24-20-16-12-8-4)72(70-83-71)85-74(80)66-62-58-54-50-46-42-38-34-30-26-22-18-14-10-6-2/h71-72,77-78H,5-70H2,1-4H3/t71-,72-,77-,78-/m1/s1. The van der Waals surface area contributed by atoms with Gasteiger partial charge in [0.1, 0.15) is 12.7 Å². The molecule has 0 aromatic carbocycles. The molecule has 1 saturated heterocycles. The Morgan fingerprint density at radius 3 is 0.690 bits per heavy atom. The summed E-state index contributed by atoms with van der Waals surface area (Å²) < 4.78 is 30.9. The van der Waals surface area contributed by atoms with Crippen molar-refractivity contribution < 1.29 is 42.9 Å². The maximum Gasteiger partial charge on any atom is 0.306 e. The fourth-order valence-corrected chi connectivity index (χ4v) is 12.8. The van der Waals surface area contributed by atoms with E-state index in [4.69, 9.17) is 23.7 Å². The summed E-state index contributed by atoms with van der Waals surface area (Å²) in [6, 6.07) is 0. The second-order valence-electron chi connectivity index (χ2n) is 27.3. The second kappa shape index (κ2) is 66.8. The lowest BCUT2D eigenvalue weighted by atomic mass is 9.99. The van der Waals surface area contributed by atoms with Gasteiger partial charge < -0.3 is 23.7 Å². The Labute approximate surface area is 540 Å². The molecule has 1 heterocycles. The Morgan fingerprint density at radius 2 is 0.448 bits per heavy atom. The van der Waals surface area contributed by atoms with Gasteiger partial charge in [0.2, 0.25) is 0 Å². The topological polar surface area (TPSA) is 114 Å². The Bertz CT molecular complexity index is 1470. The van der Waals surface area contributed by atoms with Gasteiger partial charge in [-0.25, -0.2) is 0 Å². The highest BCUT2D eigenvalue weighted by molar-refractivity contribution is 5.72. The molecule has 87 heavy (non-hydrogen) atoms. The van der Waals surface area contributed by atoms with Gasteiger partial charge in [-0.15, -0.1) is 0 Å². The van der Waals surface area contributed by atoms with Crippen molar-refractivity contribution in [1.29, 1.82) is 0 Å². The highest BCUT2D eigenvalue weighted by Gasteiger charge is 2.48. The van der Waals surface area contributed by atoms with Crippen molar-refractivity contribution in [2.45, 2.75) is 463 Å². The van der Waals surface area contributed by atoms with Crippen molar-refractivity contribution >= 4 is 23.9 Å². The summed E-state index contributed by atoms with van der Waals surface area (Å²) >= 11 is 0. The minimum Gasteiger partial charge on any atom is -0.463 e. The molecule has 1 aliphatic rings. The van der Waals surface area contributed by atoms with Crippen LogP contribution in [0.3, 0.4) is 0 Å². The van der Waals surface area contributed by atoms with E-state index in [1.165, 1.54) is 308 Å². The Balaban J connectivity index is 2.87. The first-order valence-electron chi connectivity index (χ1n) is 39.2. The molecule has 0 spiro atoms. The van der Waals surface area contributed by atoms with Crippen LogP contribution < -0.4 is 0 Å². The van der Waals surface area contributed by atoms with Crippen LogP contribution in [0.15, 0.2) is 0 Å². The second-order valence-corrected chi connectivity index (χ2v) is 27.3. The van der Waals surface area contributed by atoms with Gasteiger partial charge >= 0.3 is 23.9 Å². The van der Waals surface area contributed by atoms with Crippen LogP contribution in [0, 0.1) is 0 Å². The predicted molar refractivity (Wildman–Crippen MR) is 369 cm³/mol. The van der Waals surface area contributed by atoms with Crippen LogP contribution in [-0.2, 0) is 42.9 Å². The molecule has 0 aliphatic carbocycles. The molecular formula is C78H148O9. The highest BCUT2D eigenvalue weighted by atomic mass is 16.7. The quantitative estimate of drug-likeness (QED) is 0.0334. The SMILES string of the molecule is CCCCCCCCCCCCCCCCCC(=O)OC[C@H]1OC[C@@H](OC(=O)CCCCCCCCCCCCCCCCC)[C@@H](OC(=O)CCCCCCCCCCCCCCCCC)[C@@H]1OC(=O)CCCCCCCCCCCCCCCCC. The molecule has 514 valence electrons. The normalized spacial score (nSPS) is 15.9. The monoisotopic (exact) mass is 1230 g/mol. The van der Waals surface area contributed by atoms with Crippen LogP contribution >= 0.6 is 0 Å². The van der Waals surface area contributed by atoms with Crippen molar-refractivity contribution in [3.63, 3.8) is 0 Å². The van der Waals surface area contributed by atoms with E-state index in [0.29, 0.717) is 19.3 Å². The van der Waals surface area contributed by atoms with Gasteiger partial charge in [0.15, 0.2) is 18.3 Å². The third kappa shape index (κ3) is 56.3. The zero-order valence-electron chi connectivity index (χ0n) is 58.7. The molecule has 1 rings (SSSR count). The molecule has 9 heteroatoms. The molecule has 0 radical (unpaired) electrons. The van der Waals surface area contributed by atoms with E-state index in [1.807, 2.05) is 0 Å². The van der Waals surface area contributed by atoms with Crippen LogP contribution in [0.25, 0.3) is 0 Å². The fraction of sp³-hybridized carbons (Fsp3) is 0.949. The van der Waals surface area contributed by atoms with Gasteiger partial charge in [0.05, 0.1) is 6.61 Å². The number of esters is 4. The highest BCUT2D eigenvalue weighted by Crippen LogP contribution is 2.28. The number of hydrogen-bond donors (Lipinski definition) is 0. The Hall–Kier alpha value is -2.16. The van der Waals surface area contributed by atoms with Gasteiger partial charge in [-0.2, -0.15) is 0 Å². The maximum absolute atomic E-state index is 13.8. The van der Waals surface area contributed by atoms with Crippen LogP contribution in [0.5, 0.6) is 0 Å². The van der Waals surface area contributed by atoms with Crippen LogP contribution in [-0.4, -0.2) is 61.5 Å². The average molecular weight is 1230 g/mol. The minimum atomic E-state index is -1.09. The molecule has 0 amide bonds. The van der Waals surface area contributed by atoms with Gasteiger partial charge in [0, 0.05) is 25.7 Å². The maximum atomic E-state index is 13.8. The van der Waals surface area contributed by atoms with Crippen LogP contribution in [0.4, 0.5) is 0 Å². The van der Waals surface area contributed by atoms with Crippen LogP contribution in [0.1, 0.15) is 439 Å². The van der Waals surface area contributed by atoms with E-state index < -0.39 is 36.4 Å². The lowest BCUT2D eigenvalue weighted by molar-refractivity contribution is -0.233. The van der Waals surface area contributed by atoms with E-state index in [1.54, 1.807) is 0 Å². The zero-order valence-corrected chi connectivity index (χ0v) is 58.7. The van der Waals surface area contributed by atoms with Crippen molar-refractivity contribution in [3.05, 3.63) is 0 Å². The molecule has 0 unspecified atom stereocenters. The summed E-state index contributed by atoms with van der Waals surface area (Å²) in [5.41, 5.74) is 0. The molecule has 0 aromatic rings. The smallest absolute Gasteiger partial charge is 0.306 e. The van der Waals surface area contributed by atoms with Crippen molar-refractivity contribution in [3.8, 4) is 0 Å². The lowest BCUT2D eigenvalue weighted by Crippen LogP contribution is -2.59. The van der Waals surface area contributed by atoms with E-state index in [2.05, 4.69) is 27.7 Å². The number of carbonyl (C=O) groups excluding carboxylic acids is 4. The molecule has 0 saturated carbocycles. The molecule has 1 fully saturated rings. The molecule has 9 nitrogen and oxygen atoms in total. The minimum absolute atomic E-state index is 0.0458. The summed E-state index contributed by atoms with van der Waals surface area (Å²) in [4.78, 5) is 54.5. The molecule has 0 aromatic heterocycles. The first kappa shape index (κ1) is 82.9. The fourth-order valence-electron chi connectivity index (χ4n) is 12.8. The Kier molecular flexibility index (Phi) is 63.6. The molecule has 4 atom stereocenters. The third-order valence-electron chi connectivity index (χ3n) is 18.7. The number of ether oxygens (including phenoxy) is 5. The summed E-state index contributed by atoms with van der Waals surface area (Å²) in [7, 11) is 0. The number of carbonyl (C=O) groups is 4. The first-order chi connectivity index (χ1) is 42.9. The van der Waals surface area contributed by atoms with Crippen molar-refractivity contribution in [2.24, 2.45) is 0 Å². The summed E-state index contributed by atoms with van der Waals surface area (Å²) in [5, 5.41) is 0. The lowest BCUT2D eigenvalue weighted by Gasteiger charge is -2.40. The van der Waals surface area contributed by atoms with Gasteiger partial charge in [-0.3, -0.25) is 19.2 Å². The molecular weight excluding hydrogens is 1080 g/mol. The van der Waals surface area contributed by atoms with E-state index in [-0.39, 0.29) is 44.4 Å². The Morgan fingerprint density at radius 1 is 0.253 bits per heavy atom.